The normalized spacial score (nSPS) is 21.9. The number of rotatable bonds is 8. The van der Waals surface area contributed by atoms with Crippen molar-refractivity contribution in [3.8, 4) is 5.75 Å². The number of carboxylic acids is 1. The quantitative estimate of drug-likeness (QED) is 0.548. The number of carboxylic acid groups (broad SMARTS) is 1. The Morgan fingerprint density at radius 2 is 1.57 bits per heavy atom. The third kappa shape index (κ3) is 5.04. The first-order chi connectivity index (χ1) is 17.0. The number of ether oxygens (including phenoxy) is 1. The summed E-state index contributed by atoms with van der Waals surface area (Å²) in [4.78, 5) is 26.2. The van der Waals surface area contributed by atoms with Gasteiger partial charge in [-0.2, -0.15) is 0 Å². The Morgan fingerprint density at radius 3 is 2.17 bits per heavy atom. The van der Waals surface area contributed by atoms with Crippen molar-refractivity contribution in [3.63, 3.8) is 0 Å². The molecular formula is C29H36N2O4. The fraction of sp³-hybridized carbons (Fsp3) is 0.586. The zero-order valence-corrected chi connectivity index (χ0v) is 20.5. The monoisotopic (exact) mass is 476 g/mol. The standard InChI is InChI=1S/C29H36N2O4/c32-28-16-21(29(33)34)9-14-31(28)23-10-12-30(13-11-23)18-22-15-25(19-5-6-19)26(20-7-8-20)17-27(22)35-24-3-1-2-4-24/h9,14-17,19-20,23-24H,1-8,10-13,18H2,(H,33,34). The number of piperidine rings is 1. The smallest absolute Gasteiger partial charge is 0.335 e. The number of carbonyl (C=O) groups is 1. The minimum atomic E-state index is -1.06. The highest BCUT2D eigenvalue weighted by atomic mass is 16.5. The van der Waals surface area contributed by atoms with Crippen LogP contribution < -0.4 is 10.3 Å². The maximum absolute atomic E-state index is 12.5. The lowest BCUT2D eigenvalue weighted by molar-refractivity contribution is 0.0696. The molecule has 1 aromatic heterocycles. The Hall–Kier alpha value is -2.60. The van der Waals surface area contributed by atoms with E-state index in [4.69, 9.17) is 9.84 Å². The van der Waals surface area contributed by atoms with E-state index < -0.39 is 5.97 Å². The summed E-state index contributed by atoms with van der Waals surface area (Å²) < 4.78 is 8.35. The molecule has 2 aromatic rings. The molecule has 0 spiro atoms. The summed E-state index contributed by atoms with van der Waals surface area (Å²) in [6.07, 6.45) is 14.0. The van der Waals surface area contributed by atoms with Crippen LogP contribution in [0.1, 0.15) is 109 Å². The van der Waals surface area contributed by atoms with Gasteiger partial charge in [-0.05, 0) is 99.3 Å². The first-order valence-electron chi connectivity index (χ1n) is 13.6. The van der Waals surface area contributed by atoms with Gasteiger partial charge in [-0.25, -0.2) is 4.79 Å². The zero-order chi connectivity index (χ0) is 23.9. The third-order valence-corrected chi connectivity index (χ3v) is 8.44. The number of nitrogens with zero attached hydrogens (tertiary/aromatic N) is 2. The molecule has 0 unspecified atom stereocenters. The van der Waals surface area contributed by atoms with E-state index in [1.165, 1.54) is 69.1 Å². The number of pyridine rings is 1. The largest absolute Gasteiger partial charge is 0.490 e. The summed E-state index contributed by atoms with van der Waals surface area (Å²) in [7, 11) is 0. The second-order valence-corrected chi connectivity index (χ2v) is 11.1. The van der Waals surface area contributed by atoms with E-state index in [1.54, 1.807) is 21.9 Å². The molecule has 3 aliphatic carbocycles. The fourth-order valence-electron chi connectivity index (χ4n) is 6.10. The first-order valence-corrected chi connectivity index (χ1v) is 13.6. The zero-order valence-electron chi connectivity index (χ0n) is 20.5. The van der Waals surface area contributed by atoms with Gasteiger partial charge in [0.05, 0.1) is 11.7 Å². The SMILES string of the molecule is O=C(O)c1ccn(C2CCN(Cc3cc(C4CC4)c(C4CC4)cc3OC3CCCC3)CC2)c(=O)c1. The van der Waals surface area contributed by atoms with Crippen LogP contribution in [0.15, 0.2) is 35.3 Å². The number of aromatic carboxylic acids is 1. The molecule has 3 saturated carbocycles. The fourth-order valence-corrected chi connectivity index (χ4v) is 6.10. The molecule has 35 heavy (non-hydrogen) atoms. The topological polar surface area (TPSA) is 71.8 Å². The van der Waals surface area contributed by atoms with Crippen molar-refractivity contribution in [1.29, 1.82) is 0 Å². The highest BCUT2D eigenvalue weighted by molar-refractivity contribution is 5.87. The summed E-state index contributed by atoms with van der Waals surface area (Å²) >= 11 is 0. The number of likely N-dealkylation sites (tertiary alicyclic amines) is 1. The van der Waals surface area contributed by atoms with Gasteiger partial charge in [-0.1, -0.05) is 6.07 Å². The van der Waals surface area contributed by atoms with E-state index >= 15 is 0 Å². The first kappa shape index (κ1) is 22.8. The molecule has 4 fully saturated rings. The molecule has 186 valence electrons. The van der Waals surface area contributed by atoms with Crippen molar-refractivity contribution in [1.82, 2.24) is 9.47 Å². The number of hydrogen-bond acceptors (Lipinski definition) is 4. The minimum Gasteiger partial charge on any atom is -0.490 e. The van der Waals surface area contributed by atoms with Gasteiger partial charge in [0.25, 0.3) is 5.56 Å². The van der Waals surface area contributed by atoms with Gasteiger partial charge in [0.15, 0.2) is 0 Å². The van der Waals surface area contributed by atoms with E-state index in [9.17, 15) is 9.59 Å². The molecule has 6 nitrogen and oxygen atoms in total. The van der Waals surface area contributed by atoms with E-state index in [0.717, 1.165) is 50.1 Å². The predicted octanol–water partition coefficient (Wildman–Crippen LogP) is 5.46. The third-order valence-electron chi connectivity index (χ3n) is 8.44. The van der Waals surface area contributed by atoms with Crippen molar-refractivity contribution >= 4 is 5.97 Å². The molecule has 1 aliphatic heterocycles. The lowest BCUT2D eigenvalue weighted by atomic mass is 9.95. The highest BCUT2D eigenvalue weighted by Gasteiger charge is 2.34. The average molecular weight is 477 g/mol. The highest BCUT2D eigenvalue weighted by Crippen LogP contribution is 2.51. The Morgan fingerprint density at radius 1 is 0.914 bits per heavy atom. The molecule has 4 aliphatic rings. The molecule has 0 bridgehead atoms. The average Bonchev–Trinajstić information content (AvgIpc) is 3.79. The Kier molecular flexibility index (Phi) is 6.17. The van der Waals surface area contributed by atoms with Crippen molar-refractivity contribution in [2.75, 3.05) is 13.1 Å². The van der Waals surface area contributed by atoms with Gasteiger partial charge in [-0.15, -0.1) is 0 Å². The summed E-state index contributed by atoms with van der Waals surface area (Å²) in [6.45, 7) is 2.74. The molecule has 6 rings (SSSR count). The van der Waals surface area contributed by atoms with Crippen LogP contribution >= 0.6 is 0 Å². The number of aromatic nitrogens is 1. The molecule has 0 amide bonds. The van der Waals surface area contributed by atoms with Crippen molar-refractivity contribution in [2.24, 2.45) is 0 Å². The number of hydrogen-bond donors (Lipinski definition) is 1. The van der Waals surface area contributed by atoms with Gasteiger partial charge >= 0.3 is 5.97 Å². The second-order valence-electron chi connectivity index (χ2n) is 11.1. The van der Waals surface area contributed by atoms with Crippen LogP contribution in [-0.2, 0) is 6.54 Å². The maximum atomic E-state index is 12.5. The van der Waals surface area contributed by atoms with E-state index in [-0.39, 0.29) is 17.2 Å². The molecule has 1 aromatic carbocycles. The van der Waals surface area contributed by atoms with Crippen LogP contribution in [-0.4, -0.2) is 39.7 Å². The van der Waals surface area contributed by atoms with Crippen molar-refractivity contribution in [3.05, 3.63) is 63.1 Å². The van der Waals surface area contributed by atoms with Gasteiger partial charge in [0.1, 0.15) is 5.75 Å². The minimum absolute atomic E-state index is 0.0552. The van der Waals surface area contributed by atoms with Crippen LogP contribution in [0.5, 0.6) is 5.75 Å². The Labute approximate surface area is 206 Å². The van der Waals surface area contributed by atoms with E-state index in [0.29, 0.717) is 6.10 Å². The van der Waals surface area contributed by atoms with Gasteiger partial charge in [-0.3, -0.25) is 9.69 Å². The van der Waals surface area contributed by atoms with Crippen LogP contribution in [0.3, 0.4) is 0 Å². The molecule has 0 radical (unpaired) electrons. The summed E-state index contributed by atoms with van der Waals surface area (Å²) in [5, 5.41) is 9.14. The lowest BCUT2D eigenvalue weighted by Crippen LogP contribution is -2.37. The van der Waals surface area contributed by atoms with E-state index in [2.05, 4.69) is 17.0 Å². The molecule has 1 saturated heterocycles. The predicted molar refractivity (Wildman–Crippen MR) is 134 cm³/mol. The van der Waals surface area contributed by atoms with Crippen molar-refractivity contribution in [2.45, 2.75) is 94.7 Å². The number of benzene rings is 1. The van der Waals surface area contributed by atoms with Crippen LogP contribution in [0.2, 0.25) is 0 Å². The van der Waals surface area contributed by atoms with Crippen LogP contribution in [0.25, 0.3) is 0 Å². The molecule has 1 N–H and O–H groups in total. The molecule has 2 heterocycles. The lowest BCUT2D eigenvalue weighted by Gasteiger charge is -2.33. The van der Waals surface area contributed by atoms with Crippen LogP contribution in [0.4, 0.5) is 0 Å². The maximum Gasteiger partial charge on any atom is 0.335 e. The van der Waals surface area contributed by atoms with Gasteiger partial charge in [0.2, 0.25) is 0 Å². The molecule has 6 heteroatoms. The van der Waals surface area contributed by atoms with Crippen LogP contribution in [0, 0.1) is 0 Å². The van der Waals surface area contributed by atoms with Gasteiger partial charge in [0, 0.05) is 43.5 Å². The molecule has 0 atom stereocenters. The van der Waals surface area contributed by atoms with Crippen molar-refractivity contribution < 1.29 is 14.6 Å². The second kappa shape index (κ2) is 9.45. The Balaban J connectivity index is 1.18. The summed E-state index contributed by atoms with van der Waals surface area (Å²) in [6, 6.07) is 7.78. The van der Waals surface area contributed by atoms with Gasteiger partial charge < -0.3 is 14.4 Å². The Bertz CT molecular complexity index is 1150. The summed E-state index contributed by atoms with van der Waals surface area (Å²) in [5.74, 6) is 1.55. The molecular weight excluding hydrogens is 440 g/mol. The summed E-state index contributed by atoms with van der Waals surface area (Å²) in [5.41, 5.74) is 4.32. The van der Waals surface area contributed by atoms with E-state index in [1.807, 2.05) is 0 Å².